The highest BCUT2D eigenvalue weighted by molar-refractivity contribution is 6.01. The van der Waals surface area contributed by atoms with E-state index in [2.05, 4.69) is 10.6 Å². The molecule has 10 nitrogen and oxygen atoms in total. The number of unbranched alkanes of at least 4 members (excludes halogenated alkanes) is 1. The number of anilines is 1. The van der Waals surface area contributed by atoms with Gasteiger partial charge in [-0.1, -0.05) is 12.8 Å². The fourth-order valence-electron chi connectivity index (χ4n) is 4.97. The Labute approximate surface area is 212 Å². The van der Waals surface area contributed by atoms with E-state index >= 15 is 0 Å². The van der Waals surface area contributed by atoms with Gasteiger partial charge in [-0.15, -0.1) is 0 Å². The molecule has 5 amide bonds. The van der Waals surface area contributed by atoms with Gasteiger partial charge in [0.1, 0.15) is 6.54 Å². The van der Waals surface area contributed by atoms with Gasteiger partial charge in [-0.25, -0.2) is 4.79 Å². The summed E-state index contributed by atoms with van der Waals surface area (Å²) in [6, 6.07) is 4.42. The Morgan fingerprint density at radius 2 is 1.75 bits per heavy atom. The van der Waals surface area contributed by atoms with E-state index in [0.717, 1.165) is 12.8 Å². The molecular weight excluding hydrogens is 464 g/mol. The van der Waals surface area contributed by atoms with Crippen molar-refractivity contribution in [2.75, 3.05) is 32.6 Å². The van der Waals surface area contributed by atoms with Gasteiger partial charge in [0.25, 0.3) is 0 Å². The smallest absolute Gasteiger partial charge is 0.327 e. The number of urea groups is 1. The molecule has 0 radical (unpaired) electrons. The number of rotatable bonds is 11. The second-order valence-corrected chi connectivity index (χ2v) is 9.66. The zero-order chi connectivity index (χ0) is 26.2. The Hall–Kier alpha value is -3.30. The number of carbonyl (C=O) groups excluding carboxylic acids is 4. The van der Waals surface area contributed by atoms with Crippen LogP contribution in [-0.4, -0.2) is 72.9 Å². The molecule has 1 aromatic carbocycles. The summed E-state index contributed by atoms with van der Waals surface area (Å²) in [6.07, 6.45) is 4.71. The Balaban J connectivity index is 1.65. The average molecular weight is 503 g/mol. The van der Waals surface area contributed by atoms with Crippen LogP contribution in [0.5, 0.6) is 11.5 Å². The summed E-state index contributed by atoms with van der Waals surface area (Å²) in [4.78, 5) is 54.2. The van der Waals surface area contributed by atoms with E-state index in [4.69, 9.17) is 9.47 Å². The maximum absolute atomic E-state index is 13.4. The van der Waals surface area contributed by atoms with Crippen molar-refractivity contribution in [1.29, 1.82) is 0 Å². The molecule has 1 saturated heterocycles. The Bertz CT molecular complexity index is 966. The molecule has 2 aliphatic rings. The lowest BCUT2D eigenvalue weighted by atomic mass is 9.81. The molecule has 2 unspecified atom stereocenters. The number of benzene rings is 1. The van der Waals surface area contributed by atoms with Crippen molar-refractivity contribution in [3.8, 4) is 11.5 Å². The number of hydrogen-bond acceptors (Lipinski definition) is 6. The first-order valence-corrected chi connectivity index (χ1v) is 12.7. The molecule has 36 heavy (non-hydrogen) atoms. The summed E-state index contributed by atoms with van der Waals surface area (Å²) in [5.74, 6) is 0.183. The van der Waals surface area contributed by atoms with Crippen LogP contribution >= 0.6 is 0 Å². The minimum Gasteiger partial charge on any atom is -0.493 e. The number of amides is 5. The standard InChI is InChI=1S/C26H38N4O6/c1-17(2)27-23(31)11-7-8-14-29-25(33)19-9-5-6-10-20(19)30(26(29)34)16-24(32)28-18-12-13-21(35-3)22(15-18)36-4/h12-13,15,17,19-20H,5-11,14,16H2,1-4H3,(H,27,31)(H,28,32). The lowest BCUT2D eigenvalue weighted by Crippen LogP contribution is -2.63. The van der Waals surface area contributed by atoms with Gasteiger partial charge in [-0.2, -0.15) is 0 Å². The monoisotopic (exact) mass is 502 g/mol. The minimum atomic E-state index is -0.433. The number of nitrogens with zero attached hydrogens (tertiary/aromatic N) is 2. The van der Waals surface area contributed by atoms with Crippen LogP contribution in [0.2, 0.25) is 0 Å². The Kier molecular flexibility index (Phi) is 9.55. The largest absolute Gasteiger partial charge is 0.493 e. The molecule has 1 aliphatic heterocycles. The molecular formula is C26H38N4O6. The molecule has 3 rings (SSSR count). The van der Waals surface area contributed by atoms with Gasteiger partial charge in [0.2, 0.25) is 17.7 Å². The third kappa shape index (κ3) is 6.67. The summed E-state index contributed by atoms with van der Waals surface area (Å²) >= 11 is 0. The third-order valence-electron chi connectivity index (χ3n) is 6.66. The number of nitrogens with one attached hydrogen (secondary N) is 2. The average Bonchev–Trinajstić information content (AvgIpc) is 2.85. The van der Waals surface area contributed by atoms with Gasteiger partial charge in [-0.05, 0) is 51.7 Å². The van der Waals surface area contributed by atoms with Crippen LogP contribution in [0, 0.1) is 5.92 Å². The van der Waals surface area contributed by atoms with Crippen LogP contribution < -0.4 is 20.1 Å². The SMILES string of the molecule is COc1ccc(NC(=O)CN2C(=O)N(CCCCC(=O)NC(C)C)C(=O)C3CCCCC32)cc1OC. The first kappa shape index (κ1) is 27.3. The summed E-state index contributed by atoms with van der Waals surface area (Å²) in [6.45, 7) is 3.90. The number of ether oxygens (including phenoxy) is 2. The number of fused-ring (bicyclic) bond motifs is 1. The van der Waals surface area contributed by atoms with Crippen molar-refractivity contribution in [3.63, 3.8) is 0 Å². The summed E-state index contributed by atoms with van der Waals surface area (Å²) in [7, 11) is 3.05. The van der Waals surface area contributed by atoms with Crippen LogP contribution in [-0.2, 0) is 14.4 Å². The molecule has 0 spiro atoms. The molecule has 1 aliphatic carbocycles. The molecule has 198 valence electrons. The van der Waals surface area contributed by atoms with E-state index in [0.29, 0.717) is 49.3 Å². The topological polar surface area (TPSA) is 117 Å². The van der Waals surface area contributed by atoms with E-state index < -0.39 is 6.03 Å². The summed E-state index contributed by atoms with van der Waals surface area (Å²) in [5.41, 5.74) is 0.523. The number of imide groups is 1. The zero-order valence-corrected chi connectivity index (χ0v) is 21.7. The third-order valence-corrected chi connectivity index (χ3v) is 6.66. The second-order valence-electron chi connectivity index (χ2n) is 9.66. The van der Waals surface area contributed by atoms with Gasteiger partial charge in [0.05, 0.1) is 20.1 Å². The van der Waals surface area contributed by atoms with Crippen LogP contribution in [0.25, 0.3) is 0 Å². The lowest BCUT2D eigenvalue weighted by Gasteiger charge is -2.46. The van der Waals surface area contributed by atoms with Gasteiger partial charge in [0, 0.05) is 36.8 Å². The van der Waals surface area contributed by atoms with E-state index in [-0.39, 0.29) is 48.8 Å². The fourth-order valence-corrected chi connectivity index (χ4v) is 4.97. The molecule has 1 saturated carbocycles. The van der Waals surface area contributed by atoms with E-state index in [9.17, 15) is 19.2 Å². The summed E-state index contributed by atoms with van der Waals surface area (Å²) < 4.78 is 10.5. The zero-order valence-electron chi connectivity index (χ0n) is 21.7. The Morgan fingerprint density at radius 3 is 2.44 bits per heavy atom. The molecule has 0 bridgehead atoms. The van der Waals surface area contributed by atoms with Crippen molar-refractivity contribution >= 4 is 29.4 Å². The lowest BCUT2D eigenvalue weighted by molar-refractivity contribution is -0.141. The minimum absolute atomic E-state index is 0.0397. The summed E-state index contributed by atoms with van der Waals surface area (Å²) in [5, 5.41) is 5.67. The number of methoxy groups -OCH3 is 2. The van der Waals surface area contributed by atoms with Crippen molar-refractivity contribution < 1.29 is 28.7 Å². The van der Waals surface area contributed by atoms with Crippen LogP contribution in [0.4, 0.5) is 10.5 Å². The molecule has 1 heterocycles. The van der Waals surface area contributed by atoms with Gasteiger partial charge in [-0.3, -0.25) is 19.3 Å². The second kappa shape index (κ2) is 12.6. The normalized spacial score (nSPS) is 19.7. The van der Waals surface area contributed by atoms with Gasteiger partial charge in [0.15, 0.2) is 11.5 Å². The van der Waals surface area contributed by atoms with E-state index in [1.807, 2.05) is 13.8 Å². The molecule has 2 N–H and O–H groups in total. The highest BCUT2D eigenvalue weighted by Crippen LogP contribution is 2.35. The van der Waals surface area contributed by atoms with Crippen LogP contribution in [0.3, 0.4) is 0 Å². The van der Waals surface area contributed by atoms with Crippen LogP contribution in [0.1, 0.15) is 58.8 Å². The van der Waals surface area contributed by atoms with E-state index in [1.165, 1.54) is 19.1 Å². The van der Waals surface area contributed by atoms with Gasteiger partial charge >= 0.3 is 6.03 Å². The Morgan fingerprint density at radius 1 is 1.03 bits per heavy atom. The predicted molar refractivity (Wildman–Crippen MR) is 135 cm³/mol. The predicted octanol–water partition coefficient (Wildman–Crippen LogP) is 3.16. The first-order valence-electron chi connectivity index (χ1n) is 12.7. The molecule has 2 atom stereocenters. The van der Waals surface area contributed by atoms with Gasteiger partial charge < -0.3 is 25.0 Å². The highest BCUT2D eigenvalue weighted by atomic mass is 16.5. The maximum atomic E-state index is 13.4. The van der Waals surface area contributed by atoms with Crippen molar-refractivity contribution in [2.45, 2.75) is 70.9 Å². The molecule has 10 heteroatoms. The number of carbonyl (C=O) groups is 4. The molecule has 1 aromatic rings. The van der Waals surface area contributed by atoms with Crippen molar-refractivity contribution in [3.05, 3.63) is 18.2 Å². The van der Waals surface area contributed by atoms with Crippen molar-refractivity contribution in [1.82, 2.24) is 15.1 Å². The van der Waals surface area contributed by atoms with Crippen molar-refractivity contribution in [2.24, 2.45) is 5.92 Å². The fraction of sp³-hybridized carbons (Fsp3) is 0.615. The quantitative estimate of drug-likeness (QED) is 0.449. The maximum Gasteiger partial charge on any atom is 0.327 e. The molecule has 2 fully saturated rings. The highest BCUT2D eigenvalue weighted by Gasteiger charge is 2.47. The number of hydrogen-bond donors (Lipinski definition) is 2. The van der Waals surface area contributed by atoms with E-state index in [1.54, 1.807) is 23.1 Å². The first-order chi connectivity index (χ1) is 17.2. The van der Waals surface area contributed by atoms with Crippen LogP contribution in [0.15, 0.2) is 18.2 Å². The molecule has 0 aromatic heterocycles.